The molecular formula is C18H22N2O. The lowest BCUT2D eigenvalue weighted by Crippen LogP contribution is -2.24. The lowest BCUT2D eigenvalue weighted by atomic mass is 10.1. The summed E-state index contributed by atoms with van der Waals surface area (Å²) >= 11 is 0. The van der Waals surface area contributed by atoms with Crippen LogP contribution in [0.2, 0.25) is 0 Å². The summed E-state index contributed by atoms with van der Waals surface area (Å²) in [7, 11) is 0. The van der Waals surface area contributed by atoms with E-state index in [1.54, 1.807) is 0 Å². The van der Waals surface area contributed by atoms with E-state index in [-0.39, 0.29) is 5.91 Å². The summed E-state index contributed by atoms with van der Waals surface area (Å²) in [5.41, 5.74) is 3.85. The molecule has 21 heavy (non-hydrogen) atoms. The predicted molar refractivity (Wildman–Crippen MR) is 87.6 cm³/mol. The van der Waals surface area contributed by atoms with Gasteiger partial charge in [-0.2, -0.15) is 0 Å². The van der Waals surface area contributed by atoms with Crippen LogP contribution in [0.15, 0.2) is 48.5 Å². The van der Waals surface area contributed by atoms with Crippen LogP contribution in [0.3, 0.4) is 0 Å². The minimum atomic E-state index is -0.0440. The normalized spacial score (nSPS) is 10.2. The van der Waals surface area contributed by atoms with Gasteiger partial charge in [0.25, 0.3) is 5.91 Å². The maximum Gasteiger partial charge on any atom is 0.253 e. The third-order valence-electron chi connectivity index (χ3n) is 3.28. The Morgan fingerprint density at radius 2 is 1.86 bits per heavy atom. The standard InChI is InChI=1S/C18H22N2O/c1-3-11-19-17-12-14(2)9-10-16(17)18(21)20-13-15-7-5-4-6-8-15/h4-10,12,19H,3,11,13H2,1-2H3,(H,20,21). The van der Waals surface area contributed by atoms with E-state index in [2.05, 4.69) is 17.6 Å². The molecule has 110 valence electrons. The van der Waals surface area contributed by atoms with Gasteiger partial charge in [-0.15, -0.1) is 0 Å². The topological polar surface area (TPSA) is 41.1 Å². The molecule has 0 aliphatic rings. The first-order valence-electron chi connectivity index (χ1n) is 7.37. The maximum absolute atomic E-state index is 12.4. The number of nitrogens with one attached hydrogen (secondary N) is 2. The van der Waals surface area contributed by atoms with Gasteiger partial charge < -0.3 is 10.6 Å². The van der Waals surface area contributed by atoms with Crippen LogP contribution in [-0.4, -0.2) is 12.5 Å². The summed E-state index contributed by atoms with van der Waals surface area (Å²) in [6, 6.07) is 15.8. The molecule has 0 spiro atoms. The molecule has 0 aromatic heterocycles. The van der Waals surface area contributed by atoms with Gasteiger partial charge in [-0.25, -0.2) is 0 Å². The zero-order valence-corrected chi connectivity index (χ0v) is 12.6. The maximum atomic E-state index is 12.4. The van der Waals surface area contributed by atoms with Crippen LogP contribution in [0.5, 0.6) is 0 Å². The third-order valence-corrected chi connectivity index (χ3v) is 3.28. The van der Waals surface area contributed by atoms with Gasteiger partial charge in [-0.05, 0) is 36.6 Å². The van der Waals surface area contributed by atoms with Crippen molar-refractivity contribution in [1.82, 2.24) is 5.32 Å². The number of rotatable bonds is 6. The number of hydrogen-bond donors (Lipinski definition) is 2. The van der Waals surface area contributed by atoms with Crippen LogP contribution in [-0.2, 0) is 6.54 Å². The highest BCUT2D eigenvalue weighted by atomic mass is 16.1. The van der Waals surface area contributed by atoms with Gasteiger partial charge in [0.05, 0.1) is 5.56 Å². The van der Waals surface area contributed by atoms with Crippen molar-refractivity contribution in [3.05, 3.63) is 65.2 Å². The number of aryl methyl sites for hydroxylation is 1. The number of benzene rings is 2. The Hall–Kier alpha value is -2.29. The van der Waals surface area contributed by atoms with Gasteiger partial charge in [-0.1, -0.05) is 43.3 Å². The van der Waals surface area contributed by atoms with Crippen molar-refractivity contribution < 1.29 is 4.79 Å². The fourth-order valence-corrected chi connectivity index (χ4v) is 2.14. The SMILES string of the molecule is CCCNc1cc(C)ccc1C(=O)NCc1ccccc1. The molecule has 0 saturated carbocycles. The summed E-state index contributed by atoms with van der Waals surface area (Å²) in [6.45, 7) is 5.55. The highest BCUT2D eigenvalue weighted by Crippen LogP contribution is 2.18. The molecule has 2 aromatic carbocycles. The monoisotopic (exact) mass is 282 g/mol. The van der Waals surface area contributed by atoms with Crippen LogP contribution in [0.25, 0.3) is 0 Å². The van der Waals surface area contributed by atoms with E-state index < -0.39 is 0 Å². The Kier molecular flexibility index (Phi) is 5.38. The third kappa shape index (κ3) is 4.35. The van der Waals surface area contributed by atoms with Crippen molar-refractivity contribution in [3.8, 4) is 0 Å². The number of hydrogen-bond acceptors (Lipinski definition) is 2. The quantitative estimate of drug-likeness (QED) is 0.847. The average Bonchev–Trinajstić information content (AvgIpc) is 2.51. The second kappa shape index (κ2) is 7.48. The van der Waals surface area contributed by atoms with Gasteiger partial charge >= 0.3 is 0 Å². The van der Waals surface area contributed by atoms with Crippen molar-refractivity contribution in [2.45, 2.75) is 26.8 Å². The van der Waals surface area contributed by atoms with Crippen LogP contribution in [0.4, 0.5) is 5.69 Å². The van der Waals surface area contributed by atoms with Gasteiger partial charge in [0.15, 0.2) is 0 Å². The van der Waals surface area contributed by atoms with Crippen molar-refractivity contribution in [3.63, 3.8) is 0 Å². The molecule has 0 bridgehead atoms. The van der Waals surface area contributed by atoms with E-state index in [0.29, 0.717) is 12.1 Å². The van der Waals surface area contributed by atoms with E-state index in [4.69, 9.17) is 0 Å². The Balaban J connectivity index is 2.07. The molecule has 0 saturated heterocycles. The summed E-state index contributed by atoms with van der Waals surface area (Å²) in [4.78, 5) is 12.4. The van der Waals surface area contributed by atoms with E-state index in [1.165, 1.54) is 0 Å². The van der Waals surface area contributed by atoms with Gasteiger partial charge in [0.1, 0.15) is 0 Å². The average molecular weight is 282 g/mol. The fraction of sp³-hybridized carbons (Fsp3) is 0.278. The van der Waals surface area contributed by atoms with Crippen LogP contribution < -0.4 is 10.6 Å². The second-order valence-corrected chi connectivity index (χ2v) is 5.14. The summed E-state index contributed by atoms with van der Waals surface area (Å²) < 4.78 is 0. The first kappa shape index (κ1) is 15.1. The minimum Gasteiger partial charge on any atom is -0.384 e. The van der Waals surface area contributed by atoms with Crippen LogP contribution >= 0.6 is 0 Å². The largest absolute Gasteiger partial charge is 0.384 e. The minimum absolute atomic E-state index is 0.0440. The molecule has 0 aliphatic heterocycles. The number of carbonyl (C=O) groups excluding carboxylic acids is 1. The molecule has 1 amide bonds. The summed E-state index contributed by atoms with van der Waals surface area (Å²) in [5.74, 6) is -0.0440. The number of carbonyl (C=O) groups is 1. The number of anilines is 1. The molecular weight excluding hydrogens is 260 g/mol. The second-order valence-electron chi connectivity index (χ2n) is 5.14. The summed E-state index contributed by atoms with van der Waals surface area (Å²) in [6.07, 6.45) is 1.03. The van der Waals surface area contributed by atoms with Gasteiger partial charge in [-0.3, -0.25) is 4.79 Å². The molecule has 0 radical (unpaired) electrons. The van der Waals surface area contributed by atoms with E-state index in [0.717, 1.165) is 29.8 Å². The molecule has 2 N–H and O–H groups in total. The lowest BCUT2D eigenvalue weighted by molar-refractivity contribution is 0.0951. The van der Waals surface area contributed by atoms with Crippen LogP contribution in [0, 0.1) is 6.92 Å². The molecule has 0 unspecified atom stereocenters. The first-order chi connectivity index (χ1) is 10.2. The van der Waals surface area contributed by atoms with Gasteiger partial charge in [0.2, 0.25) is 0 Å². The Morgan fingerprint density at radius 1 is 1.10 bits per heavy atom. The summed E-state index contributed by atoms with van der Waals surface area (Å²) in [5, 5.41) is 6.29. The Morgan fingerprint density at radius 3 is 2.57 bits per heavy atom. The van der Waals surface area contributed by atoms with Crippen molar-refractivity contribution >= 4 is 11.6 Å². The number of amides is 1. The van der Waals surface area contributed by atoms with E-state index in [9.17, 15) is 4.79 Å². The van der Waals surface area contributed by atoms with Crippen molar-refractivity contribution in [2.75, 3.05) is 11.9 Å². The van der Waals surface area contributed by atoms with Crippen molar-refractivity contribution in [1.29, 1.82) is 0 Å². The molecule has 0 heterocycles. The molecule has 0 fully saturated rings. The molecule has 0 atom stereocenters. The molecule has 0 aliphatic carbocycles. The van der Waals surface area contributed by atoms with Crippen LogP contribution in [0.1, 0.15) is 34.8 Å². The van der Waals surface area contributed by atoms with E-state index >= 15 is 0 Å². The smallest absolute Gasteiger partial charge is 0.253 e. The fourth-order valence-electron chi connectivity index (χ4n) is 2.14. The molecule has 3 nitrogen and oxygen atoms in total. The first-order valence-corrected chi connectivity index (χ1v) is 7.37. The highest BCUT2D eigenvalue weighted by Gasteiger charge is 2.11. The Labute approximate surface area is 126 Å². The van der Waals surface area contributed by atoms with E-state index in [1.807, 2.05) is 55.5 Å². The highest BCUT2D eigenvalue weighted by molar-refractivity contribution is 5.99. The predicted octanol–water partition coefficient (Wildman–Crippen LogP) is 3.75. The lowest BCUT2D eigenvalue weighted by Gasteiger charge is -2.13. The zero-order valence-electron chi connectivity index (χ0n) is 12.6. The molecule has 2 aromatic rings. The van der Waals surface area contributed by atoms with Crippen molar-refractivity contribution in [2.24, 2.45) is 0 Å². The van der Waals surface area contributed by atoms with Gasteiger partial charge in [0, 0.05) is 18.8 Å². The molecule has 2 rings (SSSR count). The zero-order chi connectivity index (χ0) is 15.1. The Bertz CT molecular complexity index is 593. The molecule has 3 heteroatoms.